The number of methoxy groups -OCH3 is 2. The van der Waals surface area contributed by atoms with Crippen LogP contribution >= 0.6 is 11.6 Å². The van der Waals surface area contributed by atoms with Crippen LogP contribution in [0.1, 0.15) is 32.3 Å². The Balaban J connectivity index is 2.06. The van der Waals surface area contributed by atoms with E-state index >= 15 is 0 Å². The lowest BCUT2D eigenvalue weighted by Gasteiger charge is -2.33. The number of ether oxygens (including phenoxy) is 2. The normalized spacial score (nSPS) is 11.8. The fourth-order valence-electron chi connectivity index (χ4n) is 4.29. The van der Waals surface area contributed by atoms with Crippen molar-refractivity contribution in [3.8, 4) is 11.5 Å². The predicted octanol–water partition coefficient (Wildman–Crippen LogP) is 4.89. The summed E-state index contributed by atoms with van der Waals surface area (Å²) in [5.74, 6) is 0.227. The Morgan fingerprint density at radius 3 is 2.22 bits per heavy atom. The first kappa shape index (κ1) is 31.8. The number of rotatable bonds is 14. The SMILES string of the molecule is CCCNC(=O)[C@@H](CC)N(Cc1cccc(OC)c1)C(=O)CN(c1cccc(Cl)c1)S(=O)(=O)c1ccc(OC)cc1. The first-order valence-corrected chi connectivity index (χ1v) is 15.1. The number of benzene rings is 3. The van der Waals surface area contributed by atoms with Crippen molar-refractivity contribution in [1.82, 2.24) is 10.2 Å². The number of carbonyl (C=O) groups excluding carboxylic acids is 2. The van der Waals surface area contributed by atoms with Gasteiger partial charge in [-0.25, -0.2) is 8.42 Å². The van der Waals surface area contributed by atoms with Gasteiger partial charge < -0.3 is 19.7 Å². The molecule has 0 bridgehead atoms. The van der Waals surface area contributed by atoms with Gasteiger partial charge in [-0.15, -0.1) is 0 Å². The molecule has 2 amide bonds. The van der Waals surface area contributed by atoms with Crippen LogP contribution in [0, 0.1) is 0 Å². The number of nitrogens with zero attached hydrogens (tertiary/aromatic N) is 2. The smallest absolute Gasteiger partial charge is 0.264 e. The largest absolute Gasteiger partial charge is 0.497 e. The van der Waals surface area contributed by atoms with Crippen LogP contribution in [0.3, 0.4) is 0 Å². The van der Waals surface area contributed by atoms with E-state index in [0.29, 0.717) is 29.5 Å². The molecule has 0 radical (unpaired) electrons. The minimum Gasteiger partial charge on any atom is -0.497 e. The minimum absolute atomic E-state index is 0.0295. The molecule has 0 aliphatic heterocycles. The second kappa shape index (κ2) is 14.7. The Bertz CT molecular complexity index is 1430. The highest BCUT2D eigenvalue weighted by Gasteiger charge is 2.33. The molecule has 0 saturated heterocycles. The molecule has 0 spiro atoms. The lowest BCUT2D eigenvalue weighted by molar-refractivity contribution is -0.140. The van der Waals surface area contributed by atoms with Crippen LogP contribution in [0.15, 0.2) is 77.7 Å². The second-order valence-corrected chi connectivity index (χ2v) is 11.6. The molecule has 0 aliphatic rings. The first-order chi connectivity index (χ1) is 19.6. The summed E-state index contributed by atoms with van der Waals surface area (Å²) in [6, 6.07) is 18.5. The maximum absolute atomic E-state index is 14.1. The number of sulfonamides is 1. The van der Waals surface area contributed by atoms with Gasteiger partial charge in [-0.3, -0.25) is 13.9 Å². The van der Waals surface area contributed by atoms with Crippen LogP contribution in [0.2, 0.25) is 5.02 Å². The zero-order valence-corrected chi connectivity index (χ0v) is 25.2. The molecule has 0 fully saturated rings. The summed E-state index contributed by atoms with van der Waals surface area (Å²) in [7, 11) is -1.20. The summed E-state index contributed by atoms with van der Waals surface area (Å²) < 4.78 is 39.4. The van der Waals surface area contributed by atoms with E-state index in [2.05, 4.69) is 5.32 Å². The summed E-state index contributed by atoms with van der Waals surface area (Å²) in [6.45, 7) is 3.71. The van der Waals surface area contributed by atoms with Crippen molar-refractivity contribution in [3.63, 3.8) is 0 Å². The molecular formula is C30H36ClN3O6S. The number of hydrogen-bond acceptors (Lipinski definition) is 6. The topological polar surface area (TPSA) is 105 Å². The Kier molecular flexibility index (Phi) is 11.4. The molecule has 3 aromatic carbocycles. The summed E-state index contributed by atoms with van der Waals surface area (Å²) in [6.07, 6.45) is 1.06. The third-order valence-corrected chi connectivity index (χ3v) is 8.47. The predicted molar refractivity (Wildman–Crippen MR) is 160 cm³/mol. The number of hydrogen-bond donors (Lipinski definition) is 1. The fraction of sp³-hybridized carbons (Fsp3) is 0.333. The van der Waals surface area contributed by atoms with Crippen LogP contribution in [0.4, 0.5) is 5.69 Å². The molecule has 3 rings (SSSR count). The van der Waals surface area contributed by atoms with E-state index < -0.39 is 28.5 Å². The van der Waals surface area contributed by atoms with Crippen molar-refractivity contribution in [3.05, 3.63) is 83.4 Å². The van der Waals surface area contributed by atoms with Crippen molar-refractivity contribution in [2.75, 3.05) is 31.6 Å². The number of nitrogens with one attached hydrogen (secondary N) is 1. The van der Waals surface area contributed by atoms with Gasteiger partial charge in [0.15, 0.2) is 0 Å². The van der Waals surface area contributed by atoms with E-state index in [1.54, 1.807) is 43.5 Å². The monoisotopic (exact) mass is 601 g/mol. The van der Waals surface area contributed by atoms with Crippen molar-refractivity contribution >= 4 is 39.1 Å². The Hall–Kier alpha value is -3.76. The molecule has 1 atom stereocenters. The van der Waals surface area contributed by atoms with Gasteiger partial charge in [0.05, 0.1) is 24.8 Å². The third-order valence-electron chi connectivity index (χ3n) is 6.44. The molecule has 11 heteroatoms. The fourth-order valence-corrected chi connectivity index (χ4v) is 5.88. The molecule has 1 N–H and O–H groups in total. The van der Waals surface area contributed by atoms with Crippen molar-refractivity contribution < 1.29 is 27.5 Å². The zero-order chi connectivity index (χ0) is 30.0. The Morgan fingerprint density at radius 2 is 1.61 bits per heavy atom. The van der Waals surface area contributed by atoms with Crippen LogP contribution in [0.25, 0.3) is 0 Å². The van der Waals surface area contributed by atoms with E-state index in [0.717, 1.165) is 16.3 Å². The van der Waals surface area contributed by atoms with Gasteiger partial charge >= 0.3 is 0 Å². The molecule has 0 unspecified atom stereocenters. The molecule has 0 aromatic heterocycles. The first-order valence-electron chi connectivity index (χ1n) is 13.3. The number of amides is 2. The lowest BCUT2D eigenvalue weighted by atomic mass is 10.1. The van der Waals surface area contributed by atoms with Crippen LogP contribution in [0.5, 0.6) is 11.5 Å². The number of anilines is 1. The van der Waals surface area contributed by atoms with Gasteiger partial charge in [-0.2, -0.15) is 0 Å². The van der Waals surface area contributed by atoms with Gasteiger partial charge in [0.2, 0.25) is 11.8 Å². The summed E-state index contributed by atoms with van der Waals surface area (Å²) in [4.78, 5) is 28.7. The minimum atomic E-state index is -4.22. The van der Waals surface area contributed by atoms with Crippen LogP contribution in [-0.4, -0.2) is 58.5 Å². The zero-order valence-electron chi connectivity index (χ0n) is 23.7. The second-order valence-electron chi connectivity index (χ2n) is 9.26. The Labute approximate surface area is 247 Å². The van der Waals surface area contributed by atoms with E-state index in [-0.39, 0.29) is 23.0 Å². The highest BCUT2D eigenvalue weighted by molar-refractivity contribution is 7.92. The highest BCUT2D eigenvalue weighted by Crippen LogP contribution is 2.28. The van der Waals surface area contributed by atoms with E-state index in [9.17, 15) is 18.0 Å². The van der Waals surface area contributed by atoms with Gasteiger partial charge in [0.25, 0.3) is 10.0 Å². The maximum atomic E-state index is 14.1. The van der Waals surface area contributed by atoms with Crippen molar-refractivity contribution in [2.45, 2.75) is 44.2 Å². The molecule has 41 heavy (non-hydrogen) atoms. The van der Waals surface area contributed by atoms with Crippen LogP contribution in [-0.2, 0) is 26.2 Å². The summed E-state index contributed by atoms with van der Waals surface area (Å²) in [5, 5.41) is 3.18. The maximum Gasteiger partial charge on any atom is 0.264 e. The Morgan fingerprint density at radius 1 is 0.927 bits per heavy atom. The van der Waals surface area contributed by atoms with Gasteiger partial charge in [0.1, 0.15) is 24.1 Å². The summed E-state index contributed by atoms with van der Waals surface area (Å²) >= 11 is 6.22. The lowest BCUT2D eigenvalue weighted by Crippen LogP contribution is -2.52. The molecular weight excluding hydrogens is 566 g/mol. The molecule has 9 nitrogen and oxygen atoms in total. The van der Waals surface area contributed by atoms with Crippen molar-refractivity contribution in [2.24, 2.45) is 0 Å². The molecule has 220 valence electrons. The molecule has 0 aliphatic carbocycles. The summed E-state index contributed by atoms with van der Waals surface area (Å²) in [5.41, 5.74) is 0.943. The van der Waals surface area contributed by atoms with Crippen LogP contribution < -0.4 is 19.1 Å². The van der Waals surface area contributed by atoms with E-state index in [4.69, 9.17) is 21.1 Å². The van der Waals surface area contributed by atoms with Gasteiger partial charge in [-0.05, 0) is 73.0 Å². The standard InChI is InChI=1S/C30H36ClN3O6S/c1-5-17-32-30(36)28(6-2)33(20-22-9-7-12-26(18-22)40-4)29(35)21-34(24-11-8-10-23(31)19-24)41(37,38)27-15-13-25(39-3)14-16-27/h7-16,18-19,28H,5-6,17,20-21H2,1-4H3,(H,32,36)/t28-/m1/s1. The third kappa shape index (κ3) is 8.14. The molecule has 3 aromatic rings. The van der Waals surface area contributed by atoms with Gasteiger partial charge in [0, 0.05) is 18.1 Å². The number of carbonyl (C=O) groups is 2. The van der Waals surface area contributed by atoms with E-state index in [1.165, 1.54) is 42.3 Å². The number of halogens is 1. The van der Waals surface area contributed by atoms with Gasteiger partial charge in [-0.1, -0.05) is 43.6 Å². The molecule has 0 heterocycles. The molecule has 0 saturated carbocycles. The average molecular weight is 602 g/mol. The average Bonchev–Trinajstić information content (AvgIpc) is 2.98. The van der Waals surface area contributed by atoms with E-state index in [1.807, 2.05) is 19.9 Å². The highest BCUT2D eigenvalue weighted by atomic mass is 35.5. The quantitative estimate of drug-likeness (QED) is 0.282. The van der Waals surface area contributed by atoms with Crippen molar-refractivity contribution in [1.29, 1.82) is 0 Å².